The average molecular weight is 415 g/mol. The summed E-state index contributed by atoms with van der Waals surface area (Å²) in [7, 11) is 0. The molecule has 0 radical (unpaired) electrons. The summed E-state index contributed by atoms with van der Waals surface area (Å²) >= 11 is 0. The lowest BCUT2D eigenvalue weighted by molar-refractivity contribution is -0.124. The van der Waals surface area contributed by atoms with Gasteiger partial charge in [-0.25, -0.2) is 4.79 Å². The number of nitriles is 1. The summed E-state index contributed by atoms with van der Waals surface area (Å²) in [6.07, 6.45) is 0.840. The third-order valence-corrected chi connectivity index (χ3v) is 4.82. The molecule has 2 atom stereocenters. The molecule has 0 spiro atoms. The Labute approximate surface area is 179 Å². The Balaban J connectivity index is 1.88. The number of hydrogen-bond donors (Lipinski definition) is 2. The Morgan fingerprint density at radius 1 is 1.27 bits per heavy atom. The first-order chi connectivity index (χ1) is 14.1. The smallest absolute Gasteiger partial charge is 0.408 e. The van der Waals surface area contributed by atoms with Crippen LogP contribution >= 0.6 is 0 Å². The summed E-state index contributed by atoms with van der Waals surface area (Å²) in [6.45, 7) is 11.9. The molecule has 30 heavy (non-hydrogen) atoms. The molecule has 0 saturated carbocycles. The molecule has 1 aliphatic heterocycles. The lowest BCUT2D eigenvalue weighted by Gasteiger charge is -2.25. The van der Waals surface area contributed by atoms with Crippen LogP contribution in [0.1, 0.15) is 58.6 Å². The molecule has 2 rings (SSSR count). The molecule has 2 N–H and O–H groups in total. The van der Waals surface area contributed by atoms with Crippen LogP contribution in [0.4, 0.5) is 4.79 Å². The van der Waals surface area contributed by atoms with E-state index < -0.39 is 17.7 Å². The van der Waals surface area contributed by atoms with E-state index in [2.05, 4.69) is 21.6 Å². The molecule has 1 aromatic carbocycles. The molecule has 1 fully saturated rings. The summed E-state index contributed by atoms with van der Waals surface area (Å²) < 4.78 is 5.31. The van der Waals surface area contributed by atoms with Gasteiger partial charge >= 0.3 is 6.09 Å². The monoisotopic (exact) mass is 414 g/mol. The van der Waals surface area contributed by atoms with E-state index in [0.29, 0.717) is 12.0 Å². The molecule has 0 aromatic heterocycles. The number of carbonyl (C=O) groups excluding carboxylic acids is 2. The summed E-state index contributed by atoms with van der Waals surface area (Å²) in [5, 5.41) is 14.7. The maximum absolute atomic E-state index is 12.8. The van der Waals surface area contributed by atoms with Gasteiger partial charge in [-0.3, -0.25) is 9.69 Å². The van der Waals surface area contributed by atoms with E-state index in [4.69, 9.17) is 10.00 Å². The van der Waals surface area contributed by atoms with Gasteiger partial charge in [0.2, 0.25) is 5.91 Å². The van der Waals surface area contributed by atoms with Crippen LogP contribution in [0.15, 0.2) is 24.3 Å². The number of ether oxygens (including phenoxy) is 1. The zero-order chi connectivity index (χ0) is 22.3. The minimum atomic E-state index is -0.618. The van der Waals surface area contributed by atoms with Gasteiger partial charge in [-0.1, -0.05) is 26.0 Å². The van der Waals surface area contributed by atoms with Crippen molar-refractivity contribution < 1.29 is 14.3 Å². The number of nitrogens with zero attached hydrogens (tertiary/aromatic N) is 2. The first kappa shape index (κ1) is 23.7. The van der Waals surface area contributed by atoms with Crippen molar-refractivity contribution in [1.82, 2.24) is 15.5 Å². The van der Waals surface area contributed by atoms with Gasteiger partial charge in [0.25, 0.3) is 0 Å². The maximum atomic E-state index is 12.8. The van der Waals surface area contributed by atoms with Crippen molar-refractivity contribution in [2.45, 2.75) is 71.7 Å². The maximum Gasteiger partial charge on any atom is 0.408 e. The van der Waals surface area contributed by atoms with Gasteiger partial charge in [0.1, 0.15) is 11.6 Å². The lowest BCUT2D eigenvalue weighted by Crippen LogP contribution is -2.51. The molecule has 7 heteroatoms. The molecular formula is C23H34N4O3. The van der Waals surface area contributed by atoms with E-state index in [1.807, 2.05) is 38.1 Å². The number of carbonyl (C=O) groups is 2. The quantitative estimate of drug-likeness (QED) is 0.715. The molecule has 1 aromatic rings. The first-order valence-corrected chi connectivity index (χ1v) is 10.6. The van der Waals surface area contributed by atoms with Crippen LogP contribution in [0, 0.1) is 17.2 Å². The van der Waals surface area contributed by atoms with Gasteiger partial charge in [-0.05, 0) is 57.2 Å². The largest absolute Gasteiger partial charge is 0.444 e. The van der Waals surface area contributed by atoms with Crippen molar-refractivity contribution in [3.05, 3.63) is 35.4 Å². The van der Waals surface area contributed by atoms with Crippen molar-refractivity contribution in [1.29, 1.82) is 5.26 Å². The van der Waals surface area contributed by atoms with Crippen LogP contribution in [-0.4, -0.2) is 47.7 Å². The topological polar surface area (TPSA) is 94.5 Å². The molecule has 164 valence electrons. The Morgan fingerprint density at radius 2 is 1.93 bits per heavy atom. The second-order valence-electron chi connectivity index (χ2n) is 9.37. The molecule has 2 amide bonds. The molecule has 1 heterocycles. The normalized spacial score (nSPS) is 18.0. The third-order valence-electron chi connectivity index (χ3n) is 4.82. The van der Waals surface area contributed by atoms with Crippen LogP contribution in [0.3, 0.4) is 0 Å². The molecule has 1 saturated heterocycles. The van der Waals surface area contributed by atoms with Gasteiger partial charge in [-0.2, -0.15) is 5.26 Å². The second kappa shape index (κ2) is 10.4. The SMILES string of the molecule is CC(C)C[C@H](NC(=O)OC(C)(C)C)C(=O)N[C@H]1CCN(Cc2ccc(C#N)cc2)C1. The predicted molar refractivity (Wildman–Crippen MR) is 116 cm³/mol. The Kier molecular flexibility index (Phi) is 8.24. The number of rotatable bonds is 7. The van der Waals surface area contributed by atoms with Crippen LogP contribution in [0.5, 0.6) is 0 Å². The van der Waals surface area contributed by atoms with E-state index in [0.717, 1.165) is 31.6 Å². The van der Waals surface area contributed by atoms with Crippen molar-refractivity contribution in [2.75, 3.05) is 13.1 Å². The summed E-state index contributed by atoms with van der Waals surface area (Å²) in [4.78, 5) is 27.3. The molecule has 0 bridgehead atoms. The minimum Gasteiger partial charge on any atom is -0.444 e. The van der Waals surface area contributed by atoms with E-state index >= 15 is 0 Å². The highest BCUT2D eigenvalue weighted by atomic mass is 16.6. The van der Waals surface area contributed by atoms with Gasteiger partial charge in [0.15, 0.2) is 0 Å². The lowest BCUT2D eigenvalue weighted by atomic mass is 10.0. The summed E-state index contributed by atoms with van der Waals surface area (Å²) in [5.74, 6) is 0.0897. The Bertz CT molecular complexity index is 762. The first-order valence-electron chi connectivity index (χ1n) is 10.6. The third kappa shape index (κ3) is 8.03. The average Bonchev–Trinajstić information content (AvgIpc) is 3.06. The van der Waals surface area contributed by atoms with Crippen molar-refractivity contribution in [2.24, 2.45) is 5.92 Å². The molecule has 0 aliphatic carbocycles. The standard InChI is InChI=1S/C23H34N4O3/c1-16(2)12-20(26-22(29)30-23(3,4)5)21(28)25-19-10-11-27(15-19)14-18-8-6-17(13-24)7-9-18/h6-9,16,19-20H,10-12,14-15H2,1-5H3,(H,25,28)(H,26,29)/t19-,20-/m0/s1. The summed E-state index contributed by atoms with van der Waals surface area (Å²) in [6, 6.07) is 9.13. The highest BCUT2D eigenvalue weighted by Gasteiger charge is 2.29. The van der Waals surface area contributed by atoms with E-state index in [1.54, 1.807) is 20.8 Å². The molecular weight excluding hydrogens is 380 g/mol. The fourth-order valence-electron chi connectivity index (χ4n) is 3.49. The number of nitrogens with one attached hydrogen (secondary N) is 2. The van der Waals surface area contributed by atoms with Crippen LogP contribution < -0.4 is 10.6 Å². The van der Waals surface area contributed by atoms with Gasteiger partial charge in [0.05, 0.1) is 11.6 Å². The van der Waals surface area contributed by atoms with Crippen LogP contribution in [0.2, 0.25) is 0 Å². The fraction of sp³-hybridized carbons (Fsp3) is 0.609. The van der Waals surface area contributed by atoms with E-state index in [1.165, 1.54) is 0 Å². The fourth-order valence-corrected chi connectivity index (χ4v) is 3.49. The molecule has 1 aliphatic rings. The summed E-state index contributed by atoms with van der Waals surface area (Å²) in [5.41, 5.74) is 1.18. The van der Waals surface area contributed by atoms with Gasteiger partial charge < -0.3 is 15.4 Å². The minimum absolute atomic E-state index is 0.0472. The zero-order valence-electron chi connectivity index (χ0n) is 18.7. The van der Waals surface area contributed by atoms with E-state index in [-0.39, 0.29) is 17.9 Å². The van der Waals surface area contributed by atoms with Gasteiger partial charge in [0, 0.05) is 25.7 Å². The number of likely N-dealkylation sites (tertiary alicyclic amines) is 1. The van der Waals surface area contributed by atoms with Crippen molar-refractivity contribution >= 4 is 12.0 Å². The zero-order valence-corrected chi connectivity index (χ0v) is 18.7. The van der Waals surface area contributed by atoms with Crippen LogP contribution in [0.25, 0.3) is 0 Å². The number of alkyl carbamates (subject to hydrolysis) is 1. The van der Waals surface area contributed by atoms with E-state index in [9.17, 15) is 9.59 Å². The number of amides is 2. The van der Waals surface area contributed by atoms with Crippen molar-refractivity contribution in [3.8, 4) is 6.07 Å². The predicted octanol–water partition coefficient (Wildman–Crippen LogP) is 3.19. The number of benzene rings is 1. The van der Waals surface area contributed by atoms with Crippen LogP contribution in [-0.2, 0) is 16.1 Å². The molecule has 7 nitrogen and oxygen atoms in total. The number of hydrogen-bond acceptors (Lipinski definition) is 5. The molecule has 0 unspecified atom stereocenters. The van der Waals surface area contributed by atoms with Gasteiger partial charge in [-0.15, -0.1) is 0 Å². The Morgan fingerprint density at radius 3 is 2.50 bits per heavy atom. The highest BCUT2D eigenvalue weighted by Crippen LogP contribution is 2.15. The second-order valence-corrected chi connectivity index (χ2v) is 9.37. The van der Waals surface area contributed by atoms with Crippen molar-refractivity contribution in [3.63, 3.8) is 0 Å². The Hall–Kier alpha value is -2.59. The highest BCUT2D eigenvalue weighted by molar-refractivity contribution is 5.85.